The van der Waals surface area contributed by atoms with E-state index >= 15 is 0 Å². The standard InChI is InChI=1S/C24H24ClN3O4/c1-16(2)32-21-11-10-17(13-22(21)31-3)14-26-27-23(29)19-8-6-12-28(24(19)30)15-18-7-4-5-9-20(18)25/h4-14,16H,15H2,1-3H3,(H,27,29)/b26-14-. The van der Waals surface area contributed by atoms with Crippen molar-refractivity contribution in [2.75, 3.05) is 7.11 Å². The highest BCUT2D eigenvalue weighted by molar-refractivity contribution is 6.31. The van der Waals surface area contributed by atoms with Crippen LogP contribution in [0.2, 0.25) is 5.02 Å². The normalized spacial score (nSPS) is 11.0. The molecule has 166 valence electrons. The van der Waals surface area contributed by atoms with Gasteiger partial charge in [-0.3, -0.25) is 9.59 Å². The second kappa shape index (κ2) is 10.6. The minimum absolute atomic E-state index is 0.00976. The number of aromatic nitrogens is 1. The SMILES string of the molecule is COc1cc(/C=N\NC(=O)c2cccn(Cc3ccccc3Cl)c2=O)ccc1OC(C)C. The Balaban J connectivity index is 1.72. The number of ether oxygens (including phenoxy) is 2. The van der Waals surface area contributed by atoms with Gasteiger partial charge in [-0.05, 0) is 61.4 Å². The van der Waals surface area contributed by atoms with Gasteiger partial charge in [-0.1, -0.05) is 29.8 Å². The van der Waals surface area contributed by atoms with Crippen molar-refractivity contribution in [2.24, 2.45) is 5.10 Å². The first-order chi connectivity index (χ1) is 15.4. The third kappa shape index (κ3) is 5.76. The molecule has 0 bridgehead atoms. The van der Waals surface area contributed by atoms with Crippen molar-refractivity contribution in [2.45, 2.75) is 26.5 Å². The molecule has 0 aliphatic carbocycles. The summed E-state index contributed by atoms with van der Waals surface area (Å²) >= 11 is 6.18. The Morgan fingerprint density at radius 1 is 1.16 bits per heavy atom. The highest BCUT2D eigenvalue weighted by atomic mass is 35.5. The summed E-state index contributed by atoms with van der Waals surface area (Å²) in [5.74, 6) is 0.568. The lowest BCUT2D eigenvalue weighted by atomic mass is 10.2. The van der Waals surface area contributed by atoms with Gasteiger partial charge in [-0.2, -0.15) is 5.10 Å². The second-order valence-corrected chi connectivity index (χ2v) is 7.63. The molecule has 0 radical (unpaired) electrons. The zero-order chi connectivity index (χ0) is 23.1. The number of hydrogen-bond donors (Lipinski definition) is 1. The first-order valence-electron chi connectivity index (χ1n) is 10.00. The molecule has 0 saturated carbocycles. The lowest BCUT2D eigenvalue weighted by molar-refractivity contribution is 0.0953. The van der Waals surface area contributed by atoms with Crippen molar-refractivity contribution >= 4 is 23.7 Å². The lowest BCUT2D eigenvalue weighted by Gasteiger charge is -2.13. The van der Waals surface area contributed by atoms with E-state index in [9.17, 15) is 9.59 Å². The van der Waals surface area contributed by atoms with Crippen LogP contribution in [0.4, 0.5) is 0 Å². The van der Waals surface area contributed by atoms with E-state index in [2.05, 4.69) is 10.5 Å². The topological polar surface area (TPSA) is 81.9 Å². The zero-order valence-corrected chi connectivity index (χ0v) is 18.8. The van der Waals surface area contributed by atoms with Gasteiger partial charge in [0.2, 0.25) is 0 Å². The maximum atomic E-state index is 12.7. The molecule has 1 amide bonds. The molecule has 1 N–H and O–H groups in total. The fourth-order valence-electron chi connectivity index (χ4n) is 2.99. The van der Waals surface area contributed by atoms with Crippen LogP contribution in [0.3, 0.4) is 0 Å². The Hall–Kier alpha value is -3.58. The molecule has 3 aromatic rings. The van der Waals surface area contributed by atoms with Crippen molar-refractivity contribution < 1.29 is 14.3 Å². The van der Waals surface area contributed by atoms with Crippen LogP contribution >= 0.6 is 11.6 Å². The van der Waals surface area contributed by atoms with E-state index < -0.39 is 11.5 Å². The number of benzene rings is 2. The molecular weight excluding hydrogens is 430 g/mol. The number of nitrogens with one attached hydrogen (secondary N) is 1. The van der Waals surface area contributed by atoms with Crippen molar-refractivity contribution in [1.29, 1.82) is 0 Å². The fraction of sp³-hybridized carbons (Fsp3) is 0.208. The molecule has 0 saturated heterocycles. The van der Waals surface area contributed by atoms with Crippen LogP contribution in [-0.2, 0) is 6.54 Å². The van der Waals surface area contributed by atoms with E-state index in [0.29, 0.717) is 22.1 Å². The molecule has 0 fully saturated rings. The molecule has 7 nitrogen and oxygen atoms in total. The fourth-order valence-corrected chi connectivity index (χ4v) is 3.18. The number of methoxy groups -OCH3 is 1. The molecule has 2 aromatic carbocycles. The van der Waals surface area contributed by atoms with Crippen molar-refractivity contribution in [3.8, 4) is 11.5 Å². The van der Waals surface area contributed by atoms with Crippen LogP contribution in [0.25, 0.3) is 0 Å². The molecule has 0 unspecified atom stereocenters. The van der Waals surface area contributed by atoms with Crippen LogP contribution in [0.1, 0.15) is 35.3 Å². The van der Waals surface area contributed by atoms with Crippen LogP contribution in [-0.4, -0.2) is 29.9 Å². The van der Waals surface area contributed by atoms with Crippen LogP contribution in [0, 0.1) is 0 Å². The molecule has 3 rings (SSSR count). The van der Waals surface area contributed by atoms with Gasteiger partial charge in [0.25, 0.3) is 11.5 Å². The molecule has 8 heteroatoms. The van der Waals surface area contributed by atoms with E-state index in [0.717, 1.165) is 5.56 Å². The molecule has 1 heterocycles. The minimum Gasteiger partial charge on any atom is -0.493 e. The predicted octanol–water partition coefficient (Wildman–Crippen LogP) is 4.11. The first kappa shape index (κ1) is 23.1. The van der Waals surface area contributed by atoms with Gasteiger partial charge in [0.15, 0.2) is 11.5 Å². The third-order valence-electron chi connectivity index (χ3n) is 4.49. The maximum absolute atomic E-state index is 12.7. The number of nitrogens with zero attached hydrogens (tertiary/aromatic N) is 2. The molecule has 32 heavy (non-hydrogen) atoms. The number of carbonyl (C=O) groups excluding carboxylic acids is 1. The van der Waals surface area contributed by atoms with Crippen molar-refractivity contribution in [3.63, 3.8) is 0 Å². The number of hydrogen-bond acceptors (Lipinski definition) is 5. The summed E-state index contributed by atoms with van der Waals surface area (Å²) in [4.78, 5) is 25.3. The Morgan fingerprint density at radius 3 is 2.66 bits per heavy atom. The highest BCUT2D eigenvalue weighted by Crippen LogP contribution is 2.28. The number of hydrazone groups is 1. The number of rotatable bonds is 8. The minimum atomic E-state index is -0.605. The summed E-state index contributed by atoms with van der Waals surface area (Å²) in [6.07, 6.45) is 3.08. The summed E-state index contributed by atoms with van der Waals surface area (Å²) in [7, 11) is 1.55. The van der Waals surface area contributed by atoms with Crippen LogP contribution in [0.15, 0.2) is 70.7 Å². The average molecular weight is 454 g/mol. The summed E-state index contributed by atoms with van der Waals surface area (Å²) in [6.45, 7) is 4.11. The van der Waals surface area contributed by atoms with Crippen LogP contribution < -0.4 is 20.5 Å². The summed E-state index contributed by atoms with van der Waals surface area (Å²) in [6, 6.07) is 15.6. The summed E-state index contributed by atoms with van der Waals surface area (Å²) < 4.78 is 12.5. The van der Waals surface area contributed by atoms with E-state index in [-0.39, 0.29) is 18.2 Å². The van der Waals surface area contributed by atoms with Gasteiger partial charge >= 0.3 is 0 Å². The summed E-state index contributed by atoms with van der Waals surface area (Å²) in [5.41, 5.74) is 3.42. The van der Waals surface area contributed by atoms with Gasteiger partial charge in [0, 0.05) is 11.2 Å². The molecule has 0 aliphatic rings. The molecule has 0 spiro atoms. The second-order valence-electron chi connectivity index (χ2n) is 7.22. The van der Waals surface area contributed by atoms with Gasteiger partial charge in [0.1, 0.15) is 5.56 Å². The number of halogens is 1. The largest absolute Gasteiger partial charge is 0.493 e. The van der Waals surface area contributed by atoms with Crippen molar-refractivity contribution in [1.82, 2.24) is 9.99 Å². The van der Waals surface area contributed by atoms with Gasteiger partial charge in [-0.15, -0.1) is 0 Å². The van der Waals surface area contributed by atoms with E-state index in [1.807, 2.05) is 32.0 Å². The lowest BCUT2D eigenvalue weighted by Crippen LogP contribution is -2.31. The molecule has 1 aromatic heterocycles. The van der Waals surface area contributed by atoms with E-state index in [1.165, 1.54) is 16.8 Å². The van der Waals surface area contributed by atoms with Gasteiger partial charge in [-0.25, -0.2) is 5.43 Å². The Bertz CT molecular complexity index is 1190. The smallest absolute Gasteiger partial charge is 0.276 e. The number of pyridine rings is 1. The molecule has 0 atom stereocenters. The number of amides is 1. The van der Waals surface area contributed by atoms with Gasteiger partial charge < -0.3 is 14.0 Å². The van der Waals surface area contributed by atoms with E-state index in [1.54, 1.807) is 43.6 Å². The average Bonchev–Trinajstić information content (AvgIpc) is 2.77. The quantitative estimate of drug-likeness (QED) is 0.411. The summed E-state index contributed by atoms with van der Waals surface area (Å²) in [5, 5.41) is 4.52. The Morgan fingerprint density at radius 2 is 1.94 bits per heavy atom. The monoisotopic (exact) mass is 453 g/mol. The first-order valence-corrected chi connectivity index (χ1v) is 10.4. The molecule has 0 aliphatic heterocycles. The van der Waals surface area contributed by atoms with E-state index in [4.69, 9.17) is 21.1 Å². The molecular formula is C24H24ClN3O4. The highest BCUT2D eigenvalue weighted by Gasteiger charge is 2.12. The van der Waals surface area contributed by atoms with Crippen molar-refractivity contribution in [3.05, 3.63) is 92.9 Å². The number of carbonyl (C=O) groups is 1. The Labute approximate surface area is 191 Å². The Kier molecular flexibility index (Phi) is 7.68. The predicted molar refractivity (Wildman–Crippen MR) is 125 cm³/mol. The third-order valence-corrected chi connectivity index (χ3v) is 4.86. The zero-order valence-electron chi connectivity index (χ0n) is 18.0. The van der Waals surface area contributed by atoms with Gasteiger partial charge in [0.05, 0.1) is 26.0 Å². The maximum Gasteiger partial charge on any atom is 0.276 e. The van der Waals surface area contributed by atoms with Crippen LogP contribution in [0.5, 0.6) is 11.5 Å².